The van der Waals surface area contributed by atoms with Gasteiger partial charge in [-0.15, -0.1) is 0 Å². The molecule has 2 N–H and O–H groups in total. The van der Waals surface area contributed by atoms with E-state index in [1.165, 1.54) is 12.1 Å². The van der Waals surface area contributed by atoms with Crippen molar-refractivity contribution in [3.05, 3.63) is 81.5 Å². The number of rotatable bonds is 8. The Morgan fingerprint density at radius 2 is 2.00 bits per heavy atom. The van der Waals surface area contributed by atoms with E-state index >= 15 is 0 Å². The molecule has 2 aromatic carbocycles. The van der Waals surface area contributed by atoms with E-state index in [2.05, 4.69) is 20.5 Å². The topological polar surface area (TPSA) is 88.6 Å². The van der Waals surface area contributed by atoms with Crippen LogP contribution in [0.2, 0.25) is 0 Å². The summed E-state index contributed by atoms with van der Waals surface area (Å²) in [6, 6.07) is 13.1. The van der Waals surface area contributed by atoms with Crippen LogP contribution in [0.1, 0.15) is 23.7 Å². The van der Waals surface area contributed by atoms with Crippen molar-refractivity contribution in [1.82, 2.24) is 9.97 Å². The standard InChI is InChI=1S/C21H21FN4O3/c1-3-28-19-11-15(12-23-26-21-24-14(2)10-20(27)25-21)8-9-18(19)29-13-16-6-4-5-7-17(16)22/h4-12H,3,13H2,1-2H3,(H2,24,25,26,27)/b23-12+. The van der Waals surface area contributed by atoms with Gasteiger partial charge in [-0.1, -0.05) is 18.2 Å². The SMILES string of the molecule is CCOc1cc(/C=N/Nc2nc(C)cc(=O)[nH]2)ccc1OCc1ccccc1F. The number of hydrogen-bond acceptors (Lipinski definition) is 6. The fourth-order valence-electron chi connectivity index (χ4n) is 2.56. The summed E-state index contributed by atoms with van der Waals surface area (Å²) in [5.74, 6) is 0.962. The Morgan fingerprint density at radius 1 is 1.17 bits per heavy atom. The van der Waals surface area contributed by atoms with Gasteiger partial charge in [0, 0.05) is 17.3 Å². The molecule has 0 spiro atoms. The van der Waals surface area contributed by atoms with Crippen LogP contribution in [0.3, 0.4) is 0 Å². The maximum Gasteiger partial charge on any atom is 0.252 e. The Balaban J connectivity index is 1.71. The first-order valence-corrected chi connectivity index (χ1v) is 9.05. The molecule has 3 rings (SSSR count). The second kappa shape index (κ2) is 9.50. The van der Waals surface area contributed by atoms with Crippen molar-refractivity contribution in [1.29, 1.82) is 0 Å². The third kappa shape index (κ3) is 5.65. The molecule has 0 saturated carbocycles. The lowest BCUT2D eigenvalue weighted by Crippen LogP contribution is -2.10. The summed E-state index contributed by atoms with van der Waals surface area (Å²) in [4.78, 5) is 18.1. The van der Waals surface area contributed by atoms with Crippen molar-refractivity contribution in [3.8, 4) is 11.5 Å². The second-order valence-corrected chi connectivity index (χ2v) is 6.12. The highest BCUT2D eigenvalue weighted by atomic mass is 19.1. The molecule has 1 heterocycles. The van der Waals surface area contributed by atoms with Crippen molar-refractivity contribution in [2.24, 2.45) is 5.10 Å². The van der Waals surface area contributed by atoms with Gasteiger partial charge in [-0.3, -0.25) is 9.78 Å². The number of aryl methyl sites for hydroxylation is 1. The highest BCUT2D eigenvalue weighted by Crippen LogP contribution is 2.29. The minimum atomic E-state index is -0.317. The minimum Gasteiger partial charge on any atom is -0.490 e. The fraction of sp³-hybridized carbons (Fsp3) is 0.190. The molecule has 0 bridgehead atoms. The van der Waals surface area contributed by atoms with Crippen LogP contribution in [-0.2, 0) is 6.61 Å². The van der Waals surface area contributed by atoms with E-state index in [1.807, 2.05) is 6.92 Å². The maximum absolute atomic E-state index is 13.8. The van der Waals surface area contributed by atoms with Gasteiger partial charge in [-0.25, -0.2) is 14.8 Å². The molecule has 150 valence electrons. The molecule has 8 heteroatoms. The number of hydrogen-bond donors (Lipinski definition) is 2. The fourth-order valence-corrected chi connectivity index (χ4v) is 2.56. The van der Waals surface area contributed by atoms with Gasteiger partial charge < -0.3 is 9.47 Å². The number of nitrogens with one attached hydrogen (secondary N) is 2. The lowest BCUT2D eigenvalue weighted by Gasteiger charge is -2.13. The number of aromatic nitrogens is 2. The van der Waals surface area contributed by atoms with Gasteiger partial charge in [0.2, 0.25) is 5.95 Å². The van der Waals surface area contributed by atoms with Crippen LogP contribution in [0.4, 0.5) is 10.3 Å². The molecule has 7 nitrogen and oxygen atoms in total. The summed E-state index contributed by atoms with van der Waals surface area (Å²) >= 11 is 0. The van der Waals surface area contributed by atoms with Crippen LogP contribution in [0.15, 0.2) is 58.4 Å². The van der Waals surface area contributed by atoms with E-state index in [-0.39, 0.29) is 23.9 Å². The summed E-state index contributed by atoms with van der Waals surface area (Å²) in [6.45, 7) is 4.12. The van der Waals surface area contributed by atoms with Crippen molar-refractivity contribution < 1.29 is 13.9 Å². The van der Waals surface area contributed by atoms with E-state index in [0.717, 1.165) is 5.56 Å². The van der Waals surface area contributed by atoms with Crippen LogP contribution in [-0.4, -0.2) is 22.8 Å². The van der Waals surface area contributed by atoms with Crippen molar-refractivity contribution in [2.75, 3.05) is 12.0 Å². The minimum absolute atomic E-state index is 0.0914. The van der Waals surface area contributed by atoms with E-state index in [0.29, 0.717) is 29.4 Å². The third-order valence-corrected chi connectivity index (χ3v) is 3.86. The first-order chi connectivity index (χ1) is 14.0. The van der Waals surface area contributed by atoms with E-state index in [1.54, 1.807) is 49.5 Å². The molecular weight excluding hydrogens is 375 g/mol. The van der Waals surface area contributed by atoms with Gasteiger partial charge in [-0.2, -0.15) is 5.10 Å². The number of hydrazone groups is 1. The van der Waals surface area contributed by atoms with Gasteiger partial charge in [0.15, 0.2) is 11.5 Å². The molecule has 29 heavy (non-hydrogen) atoms. The lowest BCUT2D eigenvalue weighted by atomic mass is 10.2. The summed E-state index contributed by atoms with van der Waals surface area (Å²) in [5.41, 5.74) is 4.22. The van der Waals surface area contributed by atoms with E-state index < -0.39 is 0 Å². The smallest absolute Gasteiger partial charge is 0.252 e. The Morgan fingerprint density at radius 3 is 2.76 bits per heavy atom. The Labute approximate surface area is 167 Å². The number of aromatic amines is 1. The first kappa shape index (κ1) is 20.1. The van der Waals surface area contributed by atoms with Gasteiger partial charge in [0.1, 0.15) is 12.4 Å². The van der Waals surface area contributed by atoms with Gasteiger partial charge >= 0.3 is 0 Å². The monoisotopic (exact) mass is 396 g/mol. The van der Waals surface area contributed by atoms with E-state index in [9.17, 15) is 9.18 Å². The molecule has 3 aromatic rings. The van der Waals surface area contributed by atoms with Crippen molar-refractivity contribution >= 4 is 12.2 Å². The average molecular weight is 396 g/mol. The predicted octanol–water partition coefficient (Wildman–Crippen LogP) is 3.64. The summed E-state index contributed by atoms with van der Waals surface area (Å²) in [5, 5.41) is 4.08. The number of halogens is 1. The van der Waals surface area contributed by atoms with Crippen molar-refractivity contribution in [3.63, 3.8) is 0 Å². The molecule has 0 aliphatic carbocycles. The highest BCUT2D eigenvalue weighted by molar-refractivity contribution is 5.81. The van der Waals surface area contributed by atoms with Crippen LogP contribution in [0, 0.1) is 12.7 Å². The summed E-state index contributed by atoms with van der Waals surface area (Å²) < 4.78 is 25.1. The zero-order valence-electron chi connectivity index (χ0n) is 16.1. The quantitative estimate of drug-likeness (QED) is 0.448. The molecule has 0 radical (unpaired) electrons. The molecule has 0 amide bonds. The number of ether oxygens (including phenoxy) is 2. The molecule has 0 aliphatic rings. The Kier molecular flexibility index (Phi) is 6.57. The van der Waals surface area contributed by atoms with Gasteiger partial charge in [-0.05, 0) is 43.7 Å². The van der Waals surface area contributed by atoms with Crippen LogP contribution in [0.5, 0.6) is 11.5 Å². The largest absolute Gasteiger partial charge is 0.490 e. The predicted molar refractivity (Wildman–Crippen MR) is 109 cm³/mol. The van der Waals surface area contributed by atoms with Gasteiger partial charge in [0.05, 0.1) is 12.8 Å². The average Bonchev–Trinajstić information content (AvgIpc) is 2.68. The zero-order chi connectivity index (χ0) is 20.6. The summed E-state index contributed by atoms with van der Waals surface area (Å²) in [6.07, 6.45) is 1.56. The highest BCUT2D eigenvalue weighted by Gasteiger charge is 2.08. The Bertz CT molecular complexity index is 1070. The maximum atomic E-state index is 13.8. The van der Waals surface area contributed by atoms with Crippen LogP contribution < -0.4 is 20.5 Å². The normalized spacial score (nSPS) is 10.9. The molecule has 0 fully saturated rings. The molecule has 0 saturated heterocycles. The first-order valence-electron chi connectivity index (χ1n) is 9.05. The van der Waals surface area contributed by atoms with Crippen molar-refractivity contribution in [2.45, 2.75) is 20.5 Å². The van der Waals surface area contributed by atoms with Crippen LogP contribution >= 0.6 is 0 Å². The van der Waals surface area contributed by atoms with Gasteiger partial charge in [0.25, 0.3) is 5.56 Å². The lowest BCUT2D eigenvalue weighted by molar-refractivity contribution is 0.266. The number of nitrogens with zero attached hydrogens (tertiary/aromatic N) is 2. The Hall–Kier alpha value is -3.68. The third-order valence-electron chi connectivity index (χ3n) is 3.86. The summed E-state index contributed by atoms with van der Waals surface area (Å²) in [7, 11) is 0. The molecule has 0 aliphatic heterocycles. The molecular formula is C21H21FN4O3. The zero-order valence-corrected chi connectivity index (χ0v) is 16.1. The molecule has 1 aromatic heterocycles. The number of benzene rings is 2. The molecule has 0 atom stereocenters. The number of H-pyrrole nitrogens is 1. The number of anilines is 1. The molecule has 0 unspecified atom stereocenters. The second-order valence-electron chi connectivity index (χ2n) is 6.12. The van der Waals surface area contributed by atoms with Crippen LogP contribution in [0.25, 0.3) is 0 Å². The van der Waals surface area contributed by atoms with E-state index in [4.69, 9.17) is 9.47 Å².